The van der Waals surface area contributed by atoms with Crippen LogP contribution in [0.4, 0.5) is 36.0 Å². The number of likely N-dealkylation sites (tertiary alicyclic amines) is 1. The standard InChI is InChI=1S/C26H37F2N9O4/c1-5-36-11-8-18(17(3)15-36)41-25(39)34-20-7-10-29-23(32-20)37-12-9-26(27,28)19(16-37)35(4)24(38)33-21-13-31-22(14-30-21)40-6-2/h7,10,13-14,17-19H,5-6,8-9,11-12,15-16H2,1-4H3,(H,30,33,38)(H,29,32,34,39)/t17-,18+,19-/m0/s1. The average molecular weight is 578 g/mol. The molecule has 0 radical (unpaired) electrons. The number of urea groups is 1. The van der Waals surface area contributed by atoms with Crippen LogP contribution in [0.5, 0.6) is 5.88 Å². The molecule has 3 atom stereocenters. The zero-order valence-corrected chi connectivity index (χ0v) is 23.7. The quantitative estimate of drug-likeness (QED) is 0.481. The van der Waals surface area contributed by atoms with Gasteiger partial charge in [0.25, 0.3) is 5.92 Å². The average Bonchev–Trinajstić information content (AvgIpc) is 2.95. The maximum absolute atomic E-state index is 15.0. The molecular weight excluding hydrogens is 540 g/mol. The smallest absolute Gasteiger partial charge is 0.413 e. The van der Waals surface area contributed by atoms with Gasteiger partial charge in [-0.1, -0.05) is 13.8 Å². The number of alkyl halides is 2. The van der Waals surface area contributed by atoms with Gasteiger partial charge in [-0.25, -0.2) is 33.3 Å². The van der Waals surface area contributed by atoms with Crippen molar-refractivity contribution in [1.29, 1.82) is 0 Å². The highest BCUT2D eigenvalue weighted by Gasteiger charge is 2.48. The Kier molecular flexibility index (Phi) is 9.68. The first-order valence-corrected chi connectivity index (χ1v) is 13.7. The van der Waals surface area contributed by atoms with Crippen LogP contribution in [0.15, 0.2) is 24.7 Å². The molecule has 0 spiro atoms. The van der Waals surface area contributed by atoms with Crippen LogP contribution in [0.2, 0.25) is 0 Å². The van der Waals surface area contributed by atoms with E-state index in [2.05, 4.69) is 42.4 Å². The van der Waals surface area contributed by atoms with Crippen LogP contribution < -0.4 is 20.3 Å². The van der Waals surface area contributed by atoms with Crippen molar-refractivity contribution in [2.45, 2.75) is 51.7 Å². The number of ether oxygens (including phenoxy) is 2. The predicted octanol–water partition coefficient (Wildman–Crippen LogP) is 3.32. The second-order valence-corrected chi connectivity index (χ2v) is 10.2. The van der Waals surface area contributed by atoms with Crippen LogP contribution in [-0.4, -0.2) is 106 Å². The van der Waals surface area contributed by atoms with Gasteiger partial charge in [-0.15, -0.1) is 0 Å². The molecule has 224 valence electrons. The zero-order chi connectivity index (χ0) is 29.6. The van der Waals surface area contributed by atoms with E-state index in [1.54, 1.807) is 11.8 Å². The first-order chi connectivity index (χ1) is 19.6. The van der Waals surface area contributed by atoms with E-state index in [9.17, 15) is 18.4 Å². The first-order valence-electron chi connectivity index (χ1n) is 13.7. The fraction of sp³-hybridized carbons (Fsp3) is 0.615. The molecule has 2 N–H and O–H groups in total. The van der Waals surface area contributed by atoms with Gasteiger partial charge in [0.1, 0.15) is 18.0 Å². The van der Waals surface area contributed by atoms with Crippen LogP contribution in [0, 0.1) is 5.92 Å². The SMILES string of the molecule is CCOc1cnc(NC(=O)N(C)[C@H]2CN(c3nccc(NC(=O)O[C@@H]4CCN(CC)C[C@@H]4C)n3)CCC2(F)F)cn1. The minimum atomic E-state index is -3.16. The number of likely N-dealkylation sites (N-methyl/N-ethyl adjacent to an activating group) is 1. The van der Waals surface area contributed by atoms with Gasteiger partial charge in [-0.05, 0) is 26.0 Å². The van der Waals surface area contributed by atoms with Gasteiger partial charge < -0.3 is 24.2 Å². The lowest BCUT2D eigenvalue weighted by atomic mass is 9.96. The molecule has 15 heteroatoms. The van der Waals surface area contributed by atoms with Crippen LogP contribution >= 0.6 is 0 Å². The number of carbonyl (C=O) groups excluding carboxylic acids is 2. The molecule has 0 unspecified atom stereocenters. The first kappa shape index (κ1) is 30.1. The summed E-state index contributed by atoms with van der Waals surface area (Å²) in [4.78, 5) is 46.8. The molecule has 4 heterocycles. The molecule has 3 amide bonds. The third kappa shape index (κ3) is 7.65. The summed E-state index contributed by atoms with van der Waals surface area (Å²) in [6.07, 6.45) is 3.44. The summed E-state index contributed by atoms with van der Waals surface area (Å²) in [6, 6.07) is -0.748. The van der Waals surface area contributed by atoms with Gasteiger partial charge in [0.2, 0.25) is 11.8 Å². The number of piperidine rings is 2. The molecule has 41 heavy (non-hydrogen) atoms. The normalized spacial score (nSPS) is 22.5. The summed E-state index contributed by atoms with van der Waals surface area (Å²) in [5.74, 6) is -2.24. The molecule has 2 saturated heterocycles. The topological polar surface area (TPSA) is 138 Å². The highest BCUT2D eigenvalue weighted by molar-refractivity contribution is 5.88. The number of hydrogen-bond acceptors (Lipinski definition) is 10. The number of rotatable bonds is 8. The second-order valence-electron chi connectivity index (χ2n) is 10.2. The van der Waals surface area contributed by atoms with E-state index in [0.717, 1.165) is 31.0 Å². The van der Waals surface area contributed by atoms with E-state index in [0.29, 0.717) is 6.61 Å². The maximum atomic E-state index is 15.0. The Morgan fingerprint density at radius 3 is 2.61 bits per heavy atom. The summed E-state index contributed by atoms with van der Waals surface area (Å²) in [7, 11) is 1.29. The van der Waals surface area contributed by atoms with Crippen LogP contribution in [0.1, 0.15) is 33.6 Å². The largest absolute Gasteiger partial charge is 0.477 e. The molecule has 0 aromatic carbocycles. The van der Waals surface area contributed by atoms with Crippen molar-refractivity contribution in [3.8, 4) is 5.88 Å². The molecule has 4 rings (SSSR count). The molecule has 2 aliphatic heterocycles. The minimum Gasteiger partial charge on any atom is -0.477 e. The van der Waals surface area contributed by atoms with Crippen molar-refractivity contribution in [1.82, 2.24) is 29.7 Å². The molecule has 2 aliphatic rings. The zero-order valence-electron chi connectivity index (χ0n) is 23.7. The van der Waals surface area contributed by atoms with E-state index in [4.69, 9.17) is 9.47 Å². The third-order valence-electron chi connectivity index (χ3n) is 7.31. The van der Waals surface area contributed by atoms with Crippen molar-refractivity contribution in [3.63, 3.8) is 0 Å². The lowest BCUT2D eigenvalue weighted by molar-refractivity contribution is -0.0760. The van der Waals surface area contributed by atoms with E-state index in [-0.39, 0.29) is 48.6 Å². The fourth-order valence-corrected chi connectivity index (χ4v) is 4.93. The van der Waals surface area contributed by atoms with Crippen molar-refractivity contribution in [2.24, 2.45) is 5.92 Å². The van der Waals surface area contributed by atoms with Crippen LogP contribution in [-0.2, 0) is 4.74 Å². The van der Waals surface area contributed by atoms with E-state index in [1.165, 1.54) is 31.7 Å². The summed E-state index contributed by atoms with van der Waals surface area (Å²) >= 11 is 0. The Morgan fingerprint density at radius 2 is 1.93 bits per heavy atom. The number of halogens is 2. The van der Waals surface area contributed by atoms with E-state index >= 15 is 0 Å². The van der Waals surface area contributed by atoms with Crippen molar-refractivity contribution in [3.05, 3.63) is 24.7 Å². The Hall–Kier alpha value is -3.88. The summed E-state index contributed by atoms with van der Waals surface area (Å²) in [6.45, 7) is 8.75. The molecule has 2 aromatic heterocycles. The summed E-state index contributed by atoms with van der Waals surface area (Å²) in [5, 5.41) is 5.11. The molecule has 0 bridgehead atoms. The number of nitrogens with one attached hydrogen (secondary N) is 2. The highest BCUT2D eigenvalue weighted by atomic mass is 19.3. The van der Waals surface area contributed by atoms with Gasteiger partial charge in [-0.3, -0.25) is 10.6 Å². The van der Waals surface area contributed by atoms with Gasteiger partial charge in [0, 0.05) is 51.8 Å². The third-order valence-corrected chi connectivity index (χ3v) is 7.31. The number of amides is 3. The lowest BCUT2D eigenvalue weighted by Crippen LogP contribution is -2.60. The molecular formula is C26H37F2N9O4. The van der Waals surface area contributed by atoms with Crippen molar-refractivity contribution in [2.75, 3.05) is 61.9 Å². The second kappa shape index (κ2) is 13.2. The van der Waals surface area contributed by atoms with E-state index in [1.807, 2.05) is 6.92 Å². The Labute approximate surface area is 237 Å². The van der Waals surface area contributed by atoms with Gasteiger partial charge in [0.15, 0.2) is 5.82 Å². The number of anilines is 3. The molecule has 2 aromatic rings. The van der Waals surface area contributed by atoms with Gasteiger partial charge in [-0.2, -0.15) is 4.98 Å². The fourth-order valence-electron chi connectivity index (χ4n) is 4.93. The molecule has 0 aliphatic carbocycles. The Morgan fingerprint density at radius 1 is 1.12 bits per heavy atom. The number of nitrogens with zero attached hydrogens (tertiary/aromatic N) is 7. The Bertz CT molecular complexity index is 1190. The Balaban J connectivity index is 1.37. The van der Waals surface area contributed by atoms with Crippen molar-refractivity contribution >= 4 is 29.7 Å². The van der Waals surface area contributed by atoms with Crippen molar-refractivity contribution < 1.29 is 27.8 Å². The number of aromatic nitrogens is 4. The highest BCUT2D eigenvalue weighted by Crippen LogP contribution is 2.33. The molecule has 2 fully saturated rings. The summed E-state index contributed by atoms with van der Waals surface area (Å²) in [5.41, 5.74) is 0. The monoisotopic (exact) mass is 577 g/mol. The maximum Gasteiger partial charge on any atom is 0.413 e. The molecule has 0 saturated carbocycles. The lowest BCUT2D eigenvalue weighted by Gasteiger charge is -2.42. The van der Waals surface area contributed by atoms with Crippen LogP contribution in [0.3, 0.4) is 0 Å². The number of hydrogen-bond donors (Lipinski definition) is 2. The van der Waals surface area contributed by atoms with Crippen LogP contribution in [0.25, 0.3) is 0 Å². The summed E-state index contributed by atoms with van der Waals surface area (Å²) < 4.78 is 40.8. The van der Waals surface area contributed by atoms with Gasteiger partial charge >= 0.3 is 12.1 Å². The van der Waals surface area contributed by atoms with Gasteiger partial charge in [0.05, 0.1) is 19.0 Å². The predicted molar refractivity (Wildman–Crippen MR) is 147 cm³/mol. The minimum absolute atomic E-state index is 0.0370. The molecule has 13 nitrogen and oxygen atoms in total. The van der Waals surface area contributed by atoms with E-state index < -0.39 is 30.5 Å². The number of carbonyl (C=O) groups is 2.